The fourth-order valence-corrected chi connectivity index (χ4v) is 3.03. The highest BCUT2D eigenvalue weighted by molar-refractivity contribution is 6.02. The Morgan fingerprint density at radius 2 is 2.04 bits per heavy atom. The molecule has 1 aliphatic rings. The minimum absolute atomic E-state index is 0.201. The molecule has 3 rings (SSSR count). The first-order valence-electron chi connectivity index (χ1n) is 8.88. The summed E-state index contributed by atoms with van der Waals surface area (Å²) >= 11 is 0. The number of nitrogens with zero attached hydrogens (tertiary/aromatic N) is 4. The van der Waals surface area contributed by atoms with Gasteiger partial charge in [0.1, 0.15) is 0 Å². The molecule has 1 aliphatic heterocycles. The molecule has 1 saturated heterocycles. The fraction of sp³-hybridized carbons (Fsp3) is 0.444. The van der Waals surface area contributed by atoms with E-state index in [1.807, 2.05) is 0 Å². The Balaban J connectivity index is 1.81. The van der Waals surface area contributed by atoms with Gasteiger partial charge in [-0.3, -0.25) is 18.8 Å². The molecule has 27 heavy (non-hydrogen) atoms. The van der Waals surface area contributed by atoms with E-state index in [0.29, 0.717) is 51.3 Å². The van der Waals surface area contributed by atoms with Gasteiger partial charge in [0.15, 0.2) is 5.69 Å². The highest BCUT2D eigenvalue weighted by Crippen LogP contribution is 2.16. The Kier molecular flexibility index (Phi) is 6.02. The number of hydrogen-bond acceptors (Lipinski definition) is 5. The second-order valence-electron chi connectivity index (χ2n) is 6.28. The summed E-state index contributed by atoms with van der Waals surface area (Å²) in [6.07, 6.45) is 3.21. The minimum atomic E-state index is -0.320. The molecule has 9 nitrogen and oxygen atoms in total. The van der Waals surface area contributed by atoms with Crippen LogP contribution in [0.3, 0.4) is 0 Å². The number of amides is 3. The number of ether oxygens (including phenoxy) is 1. The Morgan fingerprint density at radius 3 is 2.74 bits per heavy atom. The maximum Gasteiger partial charge on any atom is 0.290 e. The number of aromatic nitrogens is 2. The summed E-state index contributed by atoms with van der Waals surface area (Å²) < 4.78 is 6.61. The van der Waals surface area contributed by atoms with Gasteiger partial charge in [-0.1, -0.05) is 6.07 Å². The van der Waals surface area contributed by atoms with Crippen LogP contribution < -0.4 is 5.32 Å². The molecule has 144 valence electrons. The molecule has 0 bridgehead atoms. The van der Waals surface area contributed by atoms with Gasteiger partial charge in [0, 0.05) is 52.6 Å². The summed E-state index contributed by atoms with van der Waals surface area (Å²) in [4.78, 5) is 43.9. The number of carbonyl (C=O) groups excluding carboxylic acids is 3. The fourth-order valence-electron chi connectivity index (χ4n) is 3.03. The lowest BCUT2D eigenvalue weighted by Crippen LogP contribution is -2.48. The molecule has 0 aromatic carbocycles. The van der Waals surface area contributed by atoms with Crippen LogP contribution in [0.25, 0.3) is 5.52 Å². The predicted molar refractivity (Wildman–Crippen MR) is 97.6 cm³/mol. The topological polar surface area (TPSA) is 96.2 Å². The molecular formula is C18H23N5O4. The van der Waals surface area contributed by atoms with Gasteiger partial charge in [0.2, 0.25) is 12.2 Å². The normalized spacial score (nSPS) is 14.4. The molecule has 0 unspecified atom stereocenters. The summed E-state index contributed by atoms with van der Waals surface area (Å²) in [6.45, 7) is 2.89. The summed E-state index contributed by atoms with van der Waals surface area (Å²) in [7, 11) is 1.61. The van der Waals surface area contributed by atoms with Crippen LogP contribution in [0.15, 0.2) is 24.4 Å². The standard InChI is InChI=1S/C18H23N5O4/c1-27-12-4-6-19-17(25)15-14-5-2-3-7-23(14)16(20-15)18(26)22-10-8-21(13-24)9-11-22/h2-3,5,7,13H,4,6,8-12H2,1H3,(H,19,25). The Labute approximate surface area is 156 Å². The van der Waals surface area contributed by atoms with E-state index < -0.39 is 0 Å². The van der Waals surface area contributed by atoms with Gasteiger partial charge in [0.25, 0.3) is 11.8 Å². The van der Waals surface area contributed by atoms with Crippen LogP contribution in [-0.2, 0) is 9.53 Å². The SMILES string of the molecule is COCCCNC(=O)c1nc(C(=O)N2CCN(C=O)CC2)n2ccccc12. The molecule has 0 aliphatic carbocycles. The van der Waals surface area contributed by atoms with Gasteiger partial charge in [0.05, 0.1) is 5.52 Å². The van der Waals surface area contributed by atoms with Crippen molar-refractivity contribution in [1.29, 1.82) is 0 Å². The van der Waals surface area contributed by atoms with E-state index in [4.69, 9.17) is 4.74 Å². The van der Waals surface area contributed by atoms with Gasteiger partial charge in [-0.15, -0.1) is 0 Å². The summed E-state index contributed by atoms with van der Waals surface area (Å²) in [5.41, 5.74) is 0.805. The number of piperazine rings is 1. The van der Waals surface area contributed by atoms with Crippen molar-refractivity contribution in [1.82, 2.24) is 24.5 Å². The van der Waals surface area contributed by atoms with Crippen molar-refractivity contribution in [3.63, 3.8) is 0 Å². The first kappa shape index (κ1) is 18.8. The molecule has 9 heteroatoms. The van der Waals surface area contributed by atoms with Gasteiger partial charge in [-0.2, -0.15) is 0 Å². The number of rotatable bonds is 7. The Bertz CT molecular complexity index is 826. The lowest BCUT2D eigenvalue weighted by molar-refractivity contribution is -0.119. The van der Waals surface area contributed by atoms with E-state index >= 15 is 0 Å². The van der Waals surface area contributed by atoms with E-state index in [0.717, 1.165) is 6.41 Å². The maximum atomic E-state index is 12.9. The highest BCUT2D eigenvalue weighted by Gasteiger charge is 2.27. The second kappa shape index (κ2) is 8.63. The van der Waals surface area contributed by atoms with E-state index in [1.165, 1.54) is 0 Å². The van der Waals surface area contributed by atoms with Crippen LogP contribution in [0.4, 0.5) is 0 Å². The number of carbonyl (C=O) groups is 3. The van der Waals surface area contributed by atoms with Crippen LogP contribution in [0.2, 0.25) is 0 Å². The molecule has 2 aromatic rings. The molecule has 3 amide bonds. The molecule has 0 atom stereocenters. The number of methoxy groups -OCH3 is 1. The molecule has 0 radical (unpaired) electrons. The molecule has 1 N–H and O–H groups in total. The number of fused-ring (bicyclic) bond motifs is 1. The first-order valence-corrected chi connectivity index (χ1v) is 8.88. The van der Waals surface area contributed by atoms with Crippen LogP contribution in [0.5, 0.6) is 0 Å². The first-order chi connectivity index (χ1) is 13.2. The largest absolute Gasteiger partial charge is 0.385 e. The summed E-state index contributed by atoms with van der Waals surface area (Å²) in [5.74, 6) is -0.369. The van der Waals surface area contributed by atoms with Gasteiger partial charge >= 0.3 is 0 Å². The number of hydrogen-bond donors (Lipinski definition) is 1. The van der Waals surface area contributed by atoms with E-state index in [9.17, 15) is 14.4 Å². The van der Waals surface area contributed by atoms with Crippen molar-refractivity contribution >= 4 is 23.7 Å². The third-order valence-corrected chi connectivity index (χ3v) is 4.52. The van der Waals surface area contributed by atoms with Gasteiger partial charge in [-0.25, -0.2) is 4.98 Å². The van der Waals surface area contributed by atoms with Crippen LogP contribution >= 0.6 is 0 Å². The molecule has 0 saturated carbocycles. The molecule has 3 heterocycles. The zero-order valence-electron chi connectivity index (χ0n) is 15.3. The lowest BCUT2D eigenvalue weighted by Gasteiger charge is -2.32. The van der Waals surface area contributed by atoms with E-state index in [1.54, 1.807) is 45.7 Å². The predicted octanol–water partition coefficient (Wildman–Crippen LogP) is 0.0148. The third kappa shape index (κ3) is 4.08. The minimum Gasteiger partial charge on any atom is -0.385 e. The quantitative estimate of drug-likeness (QED) is 0.545. The lowest BCUT2D eigenvalue weighted by atomic mass is 10.3. The molecule has 2 aromatic heterocycles. The van der Waals surface area contributed by atoms with Crippen molar-refractivity contribution in [3.8, 4) is 0 Å². The van der Waals surface area contributed by atoms with Gasteiger partial charge in [-0.05, 0) is 18.6 Å². The monoisotopic (exact) mass is 373 g/mol. The number of pyridine rings is 1. The van der Waals surface area contributed by atoms with Crippen LogP contribution in [-0.4, -0.2) is 83.8 Å². The zero-order valence-corrected chi connectivity index (χ0v) is 15.3. The van der Waals surface area contributed by atoms with Crippen LogP contribution in [0, 0.1) is 0 Å². The average molecular weight is 373 g/mol. The van der Waals surface area contributed by atoms with Crippen molar-refractivity contribution in [2.45, 2.75) is 6.42 Å². The van der Waals surface area contributed by atoms with Crippen molar-refractivity contribution in [2.24, 2.45) is 0 Å². The van der Waals surface area contributed by atoms with Crippen LogP contribution in [0.1, 0.15) is 27.5 Å². The second-order valence-corrected chi connectivity index (χ2v) is 6.28. The molecule has 0 spiro atoms. The van der Waals surface area contributed by atoms with E-state index in [2.05, 4.69) is 10.3 Å². The third-order valence-electron chi connectivity index (χ3n) is 4.52. The zero-order chi connectivity index (χ0) is 19.2. The molecule has 1 fully saturated rings. The van der Waals surface area contributed by atoms with Gasteiger partial charge < -0.3 is 19.9 Å². The Morgan fingerprint density at radius 1 is 1.26 bits per heavy atom. The summed E-state index contributed by atoms with van der Waals surface area (Å²) in [5, 5.41) is 2.81. The van der Waals surface area contributed by atoms with Crippen molar-refractivity contribution < 1.29 is 19.1 Å². The van der Waals surface area contributed by atoms with Crippen molar-refractivity contribution in [3.05, 3.63) is 35.9 Å². The maximum absolute atomic E-state index is 12.9. The van der Waals surface area contributed by atoms with E-state index in [-0.39, 0.29) is 23.3 Å². The molecular weight excluding hydrogens is 350 g/mol. The van der Waals surface area contributed by atoms with Crippen molar-refractivity contribution in [2.75, 3.05) is 46.4 Å². The average Bonchev–Trinajstić information content (AvgIpc) is 3.10. The summed E-state index contributed by atoms with van der Waals surface area (Å²) in [6, 6.07) is 5.35. The highest BCUT2D eigenvalue weighted by atomic mass is 16.5. The number of imidazole rings is 1. The number of nitrogens with one attached hydrogen (secondary N) is 1. The Hall–Kier alpha value is -2.94. The smallest absolute Gasteiger partial charge is 0.290 e.